The molecule has 2 aliphatic rings. The highest BCUT2D eigenvalue weighted by Crippen LogP contribution is 2.69. The summed E-state index contributed by atoms with van der Waals surface area (Å²) in [4.78, 5) is 0. The van der Waals surface area contributed by atoms with Gasteiger partial charge in [0.15, 0.2) is 0 Å². The fourth-order valence-corrected chi connectivity index (χ4v) is 3.93. The summed E-state index contributed by atoms with van der Waals surface area (Å²) in [6, 6.07) is 5.99. The lowest BCUT2D eigenvalue weighted by molar-refractivity contribution is 0.115. The van der Waals surface area contributed by atoms with Gasteiger partial charge in [0.2, 0.25) is 0 Å². The predicted octanol–water partition coefficient (Wildman–Crippen LogP) is 3.38. The van der Waals surface area contributed by atoms with Crippen LogP contribution < -0.4 is 10.1 Å². The Balaban J connectivity index is 1.97. The van der Waals surface area contributed by atoms with Gasteiger partial charge in [0.05, 0.1) is 7.11 Å². The van der Waals surface area contributed by atoms with E-state index in [0.29, 0.717) is 5.41 Å². The third kappa shape index (κ3) is 1.83. The molecule has 2 saturated carbocycles. The van der Waals surface area contributed by atoms with E-state index >= 15 is 0 Å². The van der Waals surface area contributed by atoms with E-state index in [1.54, 1.807) is 7.11 Å². The lowest BCUT2D eigenvalue weighted by Gasteiger charge is -2.49. The molecule has 0 atom stereocenters. The van der Waals surface area contributed by atoms with Crippen LogP contribution in [-0.4, -0.2) is 20.7 Å². The molecule has 2 fully saturated rings. The van der Waals surface area contributed by atoms with Crippen molar-refractivity contribution >= 4 is 11.6 Å². The molecule has 3 rings (SSSR count). The van der Waals surface area contributed by atoms with Crippen molar-refractivity contribution in [2.45, 2.75) is 31.1 Å². The maximum absolute atomic E-state index is 6.17. The number of halogens is 1. The summed E-state index contributed by atoms with van der Waals surface area (Å²) in [5.41, 5.74) is 2.16. The summed E-state index contributed by atoms with van der Waals surface area (Å²) in [6.07, 6.45) is 5.36. The lowest BCUT2D eigenvalue weighted by atomic mass is 9.56. The van der Waals surface area contributed by atoms with E-state index in [4.69, 9.17) is 16.3 Å². The molecule has 2 aliphatic carbocycles. The molecule has 1 spiro atoms. The Labute approximate surface area is 114 Å². The zero-order chi connectivity index (χ0) is 12.8. The van der Waals surface area contributed by atoms with Gasteiger partial charge in [-0.25, -0.2) is 0 Å². The summed E-state index contributed by atoms with van der Waals surface area (Å²) in [7, 11) is 3.77. The van der Waals surface area contributed by atoms with Gasteiger partial charge in [-0.3, -0.25) is 0 Å². The molecule has 1 aromatic carbocycles. The summed E-state index contributed by atoms with van der Waals surface area (Å²) in [6.45, 7) is 1.01. The van der Waals surface area contributed by atoms with Gasteiger partial charge in [-0.2, -0.15) is 0 Å². The van der Waals surface area contributed by atoms with Crippen LogP contribution in [0.1, 0.15) is 31.2 Å². The molecular weight excluding hydrogens is 246 g/mol. The first-order chi connectivity index (χ1) is 8.63. The molecule has 1 aromatic rings. The first-order valence-electron chi connectivity index (χ1n) is 6.62. The summed E-state index contributed by atoms with van der Waals surface area (Å²) in [5, 5.41) is 4.15. The highest BCUT2D eigenvalue weighted by molar-refractivity contribution is 6.30. The molecule has 0 aliphatic heterocycles. The van der Waals surface area contributed by atoms with Crippen LogP contribution >= 0.6 is 11.6 Å². The average Bonchev–Trinajstić information content (AvgIpc) is 3.08. The van der Waals surface area contributed by atoms with Crippen molar-refractivity contribution in [3.8, 4) is 5.75 Å². The Bertz CT molecular complexity index is 460. The Morgan fingerprint density at radius 2 is 2.06 bits per heavy atom. The fraction of sp³-hybridized carbons (Fsp3) is 0.600. The molecule has 0 saturated heterocycles. The third-order valence-corrected chi connectivity index (χ3v) is 4.87. The fourth-order valence-electron chi connectivity index (χ4n) is 3.76. The van der Waals surface area contributed by atoms with Gasteiger partial charge in [0.25, 0.3) is 0 Å². The van der Waals surface area contributed by atoms with E-state index in [1.165, 1.54) is 31.2 Å². The van der Waals surface area contributed by atoms with Crippen LogP contribution in [0, 0.1) is 5.41 Å². The van der Waals surface area contributed by atoms with Crippen molar-refractivity contribution < 1.29 is 4.74 Å². The van der Waals surface area contributed by atoms with E-state index in [1.807, 2.05) is 19.2 Å². The van der Waals surface area contributed by atoms with Crippen molar-refractivity contribution in [3.05, 3.63) is 28.8 Å². The van der Waals surface area contributed by atoms with Crippen molar-refractivity contribution in [3.63, 3.8) is 0 Å². The van der Waals surface area contributed by atoms with Crippen molar-refractivity contribution in [2.75, 3.05) is 20.7 Å². The van der Waals surface area contributed by atoms with E-state index in [2.05, 4.69) is 11.4 Å². The molecule has 1 N–H and O–H groups in total. The first kappa shape index (κ1) is 12.3. The second-order valence-electron chi connectivity index (χ2n) is 6.01. The van der Waals surface area contributed by atoms with Gasteiger partial charge in [0.1, 0.15) is 5.75 Å². The number of benzene rings is 1. The van der Waals surface area contributed by atoms with Crippen molar-refractivity contribution in [2.24, 2.45) is 5.41 Å². The van der Waals surface area contributed by atoms with Crippen molar-refractivity contribution in [1.29, 1.82) is 0 Å². The normalized spacial score (nSPS) is 22.6. The average molecular weight is 266 g/mol. The molecule has 3 heteroatoms. The summed E-state index contributed by atoms with van der Waals surface area (Å²) >= 11 is 6.17. The second kappa shape index (κ2) is 4.14. The summed E-state index contributed by atoms with van der Waals surface area (Å²) < 4.78 is 5.53. The third-order valence-electron chi connectivity index (χ3n) is 4.63. The highest BCUT2D eigenvalue weighted by atomic mass is 35.5. The SMILES string of the molecule is CNCC1(c2cc(Cl)ccc2OC)CC2(CC2)C1. The van der Waals surface area contributed by atoms with E-state index in [-0.39, 0.29) is 5.41 Å². The molecule has 0 radical (unpaired) electrons. The van der Waals surface area contributed by atoms with Gasteiger partial charge < -0.3 is 10.1 Å². The quantitative estimate of drug-likeness (QED) is 0.901. The van der Waals surface area contributed by atoms with E-state index in [0.717, 1.165) is 17.3 Å². The van der Waals surface area contributed by atoms with Crippen LogP contribution in [0.25, 0.3) is 0 Å². The zero-order valence-electron chi connectivity index (χ0n) is 11.1. The smallest absolute Gasteiger partial charge is 0.122 e. The number of hydrogen-bond acceptors (Lipinski definition) is 2. The van der Waals surface area contributed by atoms with Gasteiger partial charge in [0, 0.05) is 22.5 Å². The number of rotatable bonds is 4. The Kier molecular flexibility index (Phi) is 2.83. The van der Waals surface area contributed by atoms with E-state index in [9.17, 15) is 0 Å². The van der Waals surface area contributed by atoms with Crippen LogP contribution in [0.2, 0.25) is 5.02 Å². The molecule has 2 nitrogen and oxygen atoms in total. The van der Waals surface area contributed by atoms with Gasteiger partial charge in [-0.15, -0.1) is 0 Å². The lowest BCUT2D eigenvalue weighted by Crippen LogP contribution is -2.49. The minimum absolute atomic E-state index is 0.224. The van der Waals surface area contributed by atoms with Gasteiger partial charge in [-0.05, 0) is 56.3 Å². The highest BCUT2D eigenvalue weighted by Gasteiger charge is 2.61. The maximum atomic E-state index is 6.17. The van der Waals surface area contributed by atoms with Crippen molar-refractivity contribution in [1.82, 2.24) is 5.32 Å². The van der Waals surface area contributed by atoms with Crippen LogP contribution in [0.3, 0.4) is 0 Å². The van der Waals surface area contributed by atoms with Crippen LogP contribution in [0.4, 0.5) is 0 Å². The van der Waals surface area contributed by atoms with Crippen LogP contribution in [-0.2, 0) is 5.41 Å². The van der Waals surface area contributed by atoms with Crippen LogP contribution in [0.5, 0.6) is 5.75 Å². The minimum atomic E-state index is 0.224. The number of ether oxygens (including phenoxy) is 1. The van der Waals surface area contributed by atoms with E-state index < -0.39 is 0 Å². The molecular formula is C15H20ClNO. The molecule has 98 valence electrons. The minimum Gasteiger partial charge on any atom is -0.496 e. The number of hydrogen-bond donors (Lipinski definition) is 1. The first-order valence-corrected chi connectivity index (χ1v) is 7.00. The molecule has 0 heterocycles. The Hall–Kier alpha value is -0.730. The molecule has 0 unspecified atom stereocenters. The molecule has 0 amide bonds. The Morgan fingerprint density at radius 3 is 2.61 bits per heavy atom. The number of nitrogens with one attached hydrogen (secondary N) is 1. The molecule has 18 heavy (non-hydrogen) atoms. The predicted molar refractivity (Wildman–Crippen MR) is 74.5 cm³/mol. The maximum Gasteiger partial charge on any atom is 0.122 e. The second-order valence-corrected chi connectivity index (χ2v) is 6.45. The zero-order valence-corrected chi connectivity index (χ0v) is 11.8. The largest absolute Gasteiger partial charge is 0.496 e. The Morgan fingerprint density at radius 1 is 1.33 bits per heavy atom. The topological polar surface area (TPSA) is 21.3 Å². The van der Waals surface area contributed by atoms with Crippen LogP contribution in [0.15, 0.2) is 18.2 Å². The number of likely N-dealkylation sites (N-methyl/N-ethyl adjacent to an activating group) is 1. The standard InChI is InChI=1S/C15H20ClNO/c1-17-10-15(8-14(9-15)5-6-14)12-7-11(16)3-4-13(12)18-2/h3-4,7,17H,5-6,8-10H2,1-2H3. The summed E-state index contributed by atoms with van der Waals surface area (Å²) in [5.74, 6) is 0.977. The van der Waals surface area contributed by atoms with Gasteiger partial charge >= 0.3 is 0 Å². The monoisotopic (exact) mass is 265 g/mol. The molecule has 0 bridgehead atoms. The van der Waals surface area contributed by atoms with Gasteiger partial charge in [-0.1, -0.05) is 11.6 Å². The molecule has 0 aromatic heterocycles. The number of methoxy groups -OCH3 is 1.